The summed E-state index contributed by atoms with van der Waals surface area (Å²) in [6.07, 6.45) is 1.69. The highest BCUT2D eigenvalue weighted by Crippen LogP contribution is 2.24. The van der Waals surface area contributed by atoms with Gasteiger partial charge in [0.1, 0.15) is 0 Å². The Morgan fingerprint density at radius 1 is 1.25 bits per heavy atom. The van der Waals surface area contributed by atoms with E-state index in [9.17, 15) is 9.90 Å². The summed E-state index contributed by atoms with van der Waals surface area (Å²) < 4.78 is 1.88. The number of aliphatic hydroxyl groups is 1. The molecule has 1 aromatic carbocycles. The minimum atomic E-state index is -1.18. The predicted octanol–water partition coefficient (Wildman–Crippen LogP) is 3.34. The number of pyridine rings is 1. The van der Waals surface area contributed by atoms with E-state index in [0.29, 0.717) is 10.6 Å². The summed E-state index contributed by atoms with van der Waals surface area (Å²) >= 11 is 6.15. The number of hydrogen-bond acceptors (Lipinski definition) is 2. The lowest BCUT2D eigenvalue weighted by Crippen LogP contribution is -2.27. The average molecular weight is 292 g/mol. The molecule has 0 atom stereocenters. The predicted molar refractivity (Wildman–Crippen MR) is 81.8 cm³/mol. The zero-order valence-electron chi connectivity index (χ0n) is 12.1. The molecule has 20 heavy (non-hydrogen) atoms. The van der Waals surface area contributed by atoms with Crippen LogP contribution >= 0.6 is 11.6 Å². The highest BCUT2D eigenvalue weighted by Gasteiger charge is 2.21. The molecular weight excluding hydrogens is 274 g/mol. The fraction of sp³-hybridized carbons (Fsp3) is 0.312. The van der Waals surface area contributed by atoms with E-state index in [2.05, 4.69) is 0 Å². The van der Waals surface area contributed by atoms with Crippen molar-refractivity contribution in [2.45, 2.75) is 33.3 Å². The first kappa shape index (κ1) is 14.8. The molecule has 1 aromatic heterocycles. The van der Waals surface area contributed by atoms with E-state index in [1.165, 1.54) is 6.07 Å². The second-order valence-corrected chi connectivity index (χ2v) is 5.91. The van der Waals surface area contributed by atoms with E-state index in [-0.39, 0.29) is 5.43 Å². The minimum Gasteiger partial charge on any atom is -0.386 e. The van der Waals surface area contributed by atoms with E-state index >= 15 is 0 Å². The third-order valence-corrected chi connectivity index (χ3v) is 3.81. The summed E-state index contributed by atoms with van der Waals surface area (Å²) in [5.74, 6) is 0. The van der Waals surface area contributed by atoms with E-state index in [1.54, 1.807) is 20.0 Å². The van der Waals surface area contributed by atoms with Gasteiger partial charge in [0.05, 0.1) is 5.60 Å². The van der Waals surface area contributed by atoms with Gasteiger partial charge in [-0.3, -0.25) is 4.79 Å². The lowest BCUT2D eigenvalue weighted by atomic mass is 9.99. The second kappa shape index (κ2) is 5.08. The van der Waals surface area contributed by atoms with Crippen molar-refractivity contribution < 1.29 is 5.11 Å². The second-order valence-electron chi connectivity index (χ2n) is 5.51. The van der Waals surface area contributed by atoms with Gasteiger partial charge in [-0.25, -0.2) is 0 Å². The van der Waals surface area contributed by atoms with Gasteiger partial charge >= 0.3 is 0 Å². The van der Waals surface area contributed by atoms with Crippen LogP contribution in [0.2, 0.25) is 5.02 Å². The van der Waals surface area contributed by atoms with Crippen molar-refractivity contribution in [3.63, 3.8) is 0 Å². The molecule has 1 N–H and O–H groups in total. The van der Waals surface area contributed by atoms with Gasteiger partial charge < -0.3 is 9.67 Å². The molecule has 0 radical (unpaired) electrons. The molecule has 0 aliphatic heterocycles. The van der Waals surface area contributed by atoms with Crippen LogP contribution in [-0.2, 0) is 5.60 Å². The van der Waals surface area contributed by atoms with E-state index in [1.807, 2.05) is 36.6 Å². The molecule has 0 unspecified atom stereocenters. The molecule has 106 valence electrons. The van der Waals surface area contributed by atoms with E-state index in [0.717, 1.165) is 16.9 Å². The Labute approximate surface area is 123 Å². The monoisotopic (exact) mass is 291 g/mol. The summed E-state index contributed by atoms with van der Waals surface area (Å²) in [4.78, 5) is 12.0. The number of aryl methyl sites for hydroxylation is 1. The van der Waals surface area contributed by atoms with Crippen LogP contribution in [0.3, 0.4) is 0 Å². The molecule has 0 aliphatic rings. The Bertz CT molecular complexity index is 711. The Morgan fingerprint density at radius 3 is 2.50 bits per heavy atom. The molecule has 4 heteroatoms. The van der Waals surface area contributed by atoms with Crippen molar-refractivity contribution in [3.05, 3.63) is 62.5 Å². The summed E-state index contributed by atoms with van der Waals surface area (Å²) in [5, 5.41) is 10.8. The smallest absolute Gasteiger partial charge is 0.187 e. The highest BCUT2D eigenvalue weighted by molar-refractivity contribution is 6.31. The number of halogens is 1. The van der Waals surface area contributed by atoms with Gasteiger partial charge in [-0.1, -0.05) is 17.7 Å². The number of rotatable bonds is 2. The van der Waals surface area contributed by atoms with Crippen LogP contribution in [0.1, 0.15) is 30.7 Å². The lowest BCUT2D eigenvalue weighted by Gasteiger charge is -2.21. The van der Waals surface area contributed by atoms with Gasteiger partial charge in [0.25, 0.3) is 0 Å². The average Bonchev–Trinajstić information content (AvgIpc) is 2.32. The fourth-order valence-corrected chi connectivity index (χ4v) is 2.38. The quantitative estimate of drug-likeness (QED) is 0.922. The van der Waals surface area contributed by atoms with Crippen LogP contribution in [0.4, 0.5) is 0 Å². The van der Waals surface area contributed by atoms with Crippen LogP contribution in [0.25, 0.3) is 5.69 Å². The SMILES string of the molecule is Cc1c(Cl)cccc1-n1cc(C(C)(C)O)c(=O)cc1C. The molecule has 0 fully saturated rings. The summed E-state index contributed by atoms with van der Waals surface area (Å²) in [7, 11) is 0. The Balaban J connectivity index is 2.75. The molecule has 0 bridgehead atoms. The van der Waals surface area contributed by atoms with Gasteiger partial charge in [-0.15, -0.1) is 0 Å². The lowest BCUT2D eigenvalue weighted by molar-refractivity contribution is 0.0769. The van der Waals surface area contributed by atoms with Crippen molar-refractivity contribution in [2.75, 3.05) is 0 Å². The standard InChI is InChI=1S/C16H18ClNO2/c1-10-8-15(19)12(16(3,4)20)9-18(10)14-7-5-6-13(17)11(14)2/h5-9,20H,1-4H3. The van der Waals surface area contributed by atoms with Gasteiger partial charge in [-0.05, 0) is 45.4 Å². The molecule has 0 saturated carbocycles. The number of benzene rings is 1. The molecule has 1 heterocycles. The third kappa shape index (κ3) is 2.65. The number of hydrogen-bond donors (Lipinski definition) is 1. The maximum absolute atomic E-state index is 12.0. The maximum Gasteiger partial charge on any atom is 0.187 e. The van der Waals surface area contributed by atoms with E-state index < -0.39 is 5.60 Å². The van der Waals surface area contributed by atoms with Gasteiger partial charge in [0.2, 0.25) is 0 Å². The molecule has 0 saturated heterocycles. The summed E-state index contributed by atoms with van der Waals surface area (Å²) in [5.41, 5.74) is 1.66. The first-order valence-electron chi connectivity index (χ1n) is 6.43. The van der Waals surface area contributed by atoms with Gasteiger partial charge in [0.15, 0.2) is 5.43 Å². The van der Waals surface area contributed by atoms with Crippen LogP contribution in [0.15, 0.2) is 35.3 Å². The maximum atomic E-state index is 12.0. The van der Waals surface area contributed by atoms with E-state index in [4.69, 9.17) is 11.6 Å². The van der Waals surface area contributed by atoms with Crippen LogP contribution < -0.4 is 5.43 Å². The third-order valence-electron chi connectivity index (χ3n) is 3.40. The van der Waals surface area contributed by atoms with Crippen molar-refractivity contribution in [1.82, 2.24) is 4.57 Å². The van der Waals surface area contributed by atoms with Crippen molar-refractivity contribution >= 4 is 11.6 Å². The van der Waals surface area contributed by atoms with Crippen molar-refractivity contribution in [1.29, 1.82) is 0 Å². The number of aromatic nitrogens is 1. The molecule has 2 rings (SSSR count). The zero-order valence-corrected chi connectivity index (χ0v) is 12.8. The first-order chi connectivity index (χ1) is 9.21. The van der Waals surface area contributed by atoms with Crippen LogP contribution in [0.5, 0.6) is 0 Å². The molecule has 0 amide bonds. The Hall–Kier alpha value is -1.58. The molecular formula is C16H18ClNO2. The van der Waals surface area contributed by atoms with Gasteiger partial charge in [-0.2, -0.15) is 0 Å². The van der Waals surface area contributed by atoms with Crippen molar-refractivity contribution in [2.24, 2.45) is 0 Å². The normalized spacial score (nSPS) is 11.7. The Kier molecular flexibility index (Phi) is 3.76. The molecule has 0 spiro atoms. The zero-order chi connectivity index (χ0) is 15.1. The summed E-state index contributed by atoms with van der Waals surface area (Å²) in [6, 6.07) is 7.17. The molecule has 0 aliphatic carbocycles. The van der Waals surface area contributed by atoms with Crippen LogP contribution in [-0.4, -0.2) is 9.67 Å². The Morgan fingerprint density at radius 2 is 1.90 bits per heavy atom. The summed E-state index contributed by atoms with van der Waals surface area (Å²) in [6.45, 7) is 7.00. The number of nitrogens with zero attached hydrogens (tertiary/aromatic N) is 1. The molecule has 2 aromatic rings. The minimum absolute atomic E-state index is 0.161. The van der Waals surface area contributed by atoms with Crippen LogP contribution in [0, 0.1) is 13.8 Å². The fourth-order valence-electron chi connectivity index (χ4n) is 2.21. The first-order valence-corrected chi connectivity index (χ1v) is 6.81. The topological polar surface area (TPSA) is 42.2 Å². The largest absolute Gasteiger partial charge is 0.386 e. The highest BCUT2D eigenvalue weighted by atomic mass is 35.5. The molecule has 3 nitrogen and oxygen atoms in total. The van der Waals surface area contributed by atoms with Crippen molar-refractivity contribution in [3.8, 4) is 5.69 Å². The van der Waals surface area contributed by atoms with Gasteiger partial charge in [0, 0.05) is 34.2 Å².